The van der Waals surface area contributed by atoms with Gasteiger partial charge in [-0.3, -0.25) is 10.1 Å². The van der Waals surface area contributed by atoms with Crippen molar-refractivity contribution in [1.29, 1.82) is 0 Å². The average molecular weight is 417 g/mol. The maximum Gasteiger partial charge on any atom is 0.353 e. The van der Waals surface area contributed by atoms with Crippen molar-refractivity contribution >= 4 is 23.1 Å². The lowest BCUT2D eigenvalue weighted by atomic mass is 10.1. The Hall–Kier alpha value is -3.75. The molecule has 9 nitrogen and oxygen atoms in total. The standard InChI is InChI=1S/C22H23N7O2/c30-29(31)20-21(26-18-13-16-5-1-2-6-17(16)14-18)24-15-25-22(20)28-11-9-27(10-12-28)19-7-3-4-8-23-19/h1-8,15,18H,9-14H2,(H,24,25,26). The minimum Gasteiger partial charge on any atom is -0.361 e. The summed E-state index contributed by atoms with van der Waals surface area (Å²) < 4.78 is 0. The smallest absolute Gasteiger partial charge is 0.353 e. The predicted octanol–water partition coefficient (Wildman–Crippen LogP) is 2.69. The number of anilines is 3. The third kappa shape index (κ3) is 3.86. The molecule has 0 radical (unpaired) electrons. The van der Waals surface area contributed by atoms with Crippen LogP contribution >= 0.6 is 0 Å². The molecular formula is C22H23N7O2. The molecule has 1 N–H and O–H groups in total. The van der Waals surface area contributed by atoms with Crippen LogP contribution in [0.25, 0.3) is 0 Å². The zero-order chi connectivity index (χ0) is 21.2. The lowest BCUT2D eigenvalue weighted by molar-refractivity contribution is -0.383. The first-order chi connectivity index (χ1) is 15.2. The maximum atomic E-state index is 12.0. The minimum absolute atomic E-state index is 0.0512. The Morgan fingerprint density at radius 3 is 2.23 bits per heavy atom. The van der Waals surface area contributed by atoms with Gasteiger partial charge in [0.1, 0.15) is 12.1 Å². The fourth-order valence-electron chi connectivity index (χ4n) is 4.42. The normalized spacial score (nSPS) is 16.3. The molecule has 0 spiro atoms. The van der Waals surface area contributed by atoms with Gasteiger partial charge in [-0.1, -0.05) is 30.3 Å². The number of piperazine rings is 1. The number of nitrogens with one attached hydrogen (secondary N) is 1. The molecule has 1 aliphatic heterocycles. The molecule has 5 rings (SSSR count). The number of nitro groups is 1. The monoisotopic (exact) mass is 417 g/mol. The van der Waals surface area contributed by atoms with E-state index in [0.717, 1.165) is 31.7 Å². The van der Waals surface area contributed by atoms with Crippen molar-refractivity contribution in [2.75, 3.05) is 41.3 Å². The van der Waals surface area contributed by atoms with Gasteiger partial charge < -0.3 is 15.1 Å². The lowest BCUT2D eigenvalue weighted by Crippen LogP contribution is -2.47. The number of benzene rings is 1. The molecule has 9 heteroatoms. The van der Waals surface area contributed by atoms with Crippen LogP contribution < -0.4 is 15.1 Å². The average Bonchev–Trinajstić information content (AvgIpc) is 3.22. The van der Waals surface area contributed by atoms with Gasteiger partial charge in [0, 0.05) is 38.4 Å². The summed E-state index contributed by atoms with van der Waals surface area (Å²) in [6.07, 6.45) is 4.85. The number of pyridine rings is 1. The number of nitrogens with zero attached hydrogens (tertiary/aromatic N) is 6. The molecule has 2 aromatic heterocycles. The quantitative estimate of drug-likeness (QED) is 0.500. The summed E-state index contributed by atoms with van der Waals surface area (Å²) >= 11 is 0. The summed E-state index contributed by atoms with van der Waals surface area (Å²) in [5.41, 5.74) is 2.51. The summed E-state index contributed by atoms with van der Waals surface area (Å²) in [6.45, 7) is 2.70. The Labute approximate surface area is 179 Å². The molecule has 0 atom stereocenters. The third-order valence-corrected chi connectivity index (χ3v) is 5.93. The Balaban J connectivity index is 1.34. The van der Waals surface area contributed by atoms with Crippen molar-refractivity contribution in [2.24, 2.45) is 0 Å². The second kappa shape index (κ2) is 8.17. The zero-order valence-electron chi connectivity index (χ0n) is 17.0. The van der Waals surface area contributed by atoms with Gasteiger partial charge in [-0.25, -0.2) is 15.0 Å². The predicted molar refractivity (Wildman–Crippen MR) is 119 cm³/mol. The van der Waals surface area contributed by atoms with Crippen molar-refractivity contribution in [2.45, 2.75) is 18.9 Å². The van der Waals surface area contributed by atoms with Crippen LogP contribution in [0.1, 0.15) is 11.1 Å². The van der Waals surface area contributed by atoms with Crippen LogP contribution in [-0.4, -0.2) is 52.1 Å². The van der Waals surface area contributed by atoms with Crippen LogP contribution in [-0.2, 0) is 12.8 Å². The van der Waals surface area contributed by atoms with E-state index in [4.69, 9.17) is 0 Å². The Morgan fingerprint density at radius 1 is 0.903 bits per heavy atom. The second-order valence-corrected chi connectivity index (χ2v) is 7.83. The second-order valence-electron chi connectivity index (χ2n) is 7.83. The molecule has 1 saturated heterocycles. The largest absolute Gasteiger partial charge is 0.361 e. The topological polar surface area (TPSA) is 100 Å². The molecule has 31 heavy (non-hydrogen) atoms. The summed E-state index contributed by atoms with van der Waals surface area (Å²) in [7, 11) is 0. The number of hydrogen-bond donors (Lipinski definition) is 1. The fraction of sp³-hybridized carbons (Fsp3) is 0.318. The highest BCUT2D eigenvalue weighted by atomic mass is 16.6. The highest BCUT2D eigenvalue weighted by Crippen LogP contribution is 2.34. The Kier molecular flexibility index (Phi) is 5.07. The molecule has 1 fully saturated rings. The molecule has 0 saturated carbocycles. The molecule has 0 amide bonds. The summed E-state index contributed by atoms with van der Waals surface area (Å²) in [6, 6.07) is 14.2. The van der Waals surface area contributed by atoms with Gasteiger partial charge >= 0.3 is 5.69 Å². The van der Waals surface area contributed by atoms with Crippen LogP contribution in [0, 0.1) is 10.1 Å². The van der Waals surface area contributed by atoms with Crippen molar-refractivity contribution in [3.05, 3.63) is 76.2 Å². The molecule has 0 bridgehead atoms. The first-order valence-corrected chi connectivity index (χ1v) is 10.4. The van der Waals surface area contributed by atoms with Crippen LogP contribution in [0.2, 0.25) is 0 Å². The number of fused-ring (bicyclic) bond motifs is 1. The van der Waals surface area contributed by atoms with Crippen molar-refractivity contribution < 1.29 is 4.92 Å². The molecule has 1 aliphatic carbocycles. The SMILES string of the molecule is O=[N+]([O-])c1c(NC2Cc3ccccc3C2)ncnc1N1CCN(c2ccccn2)CC1. The van der Waals surface area contributed by atoms with Gasteiger partial charge in [0.2, 0.25) is 11.6 Å². The third-order valence-electron chi connectivity index (χ3n) is 5.93. The van der Waals surface area contributed by atoms with E-state index in [1.54, 1.807) is 6.20 Å². The van der Waals surface area contributed by atoms with Gasteiger partial charge in [-0.15, -0.1) is 0 Å². The first-order valence-electron chi connectivity index (χ1n) is 10.4. The zero-order valence-corrected chi connectivity index (χ0v) is 17.0. The van der Waals surface area contributed by atoms with Crippen LogP contribution in [0.15, 0.2) is 55.0 Å². The van der Waals surface area contributed by atoms with E-state index in [1.165, 1.54) is 17.5 Å². The van der Waals surface area contributed by atoms with Gasteiger partial charge in [0.05, 0.1) is 4.92 Å². The van der Waals surface area contributed by atoms with Crippen LogP contribution in [0.3, 0.4) is 0 Å². The molecule has 158 valence electrons. The molecule has 3 aromatic rings. The van der Waals surface area contributed by atoms with Gasteiger partial charge in [-0.2, -0.15) is 0 Å². The van der Waals surface area contributed by atoms with Gasteiger partial charge in [0.25, 0.3) is 0 Å². The van der Waals surface area contributed by atoms with Gasteiger partial charge in [0.15, 0.2) is 0 Å². The minimum atomic E-state index is -0.370. The van der Waals surface area contributed by atoms with E-state index < -0.39 is 0 Å². The first kappa shape index (κ1) is 19.2. The fourth-order valence-corrected chi connectivity index (χ4v) is 4.42. The van der Waals surface area contributed by atoms with E-state index in [0.29, 0.717) is 24.7 Å². The number of hydrogen-bond acceptors (Lipinski definition) is 8. The summed E-state index contributed by atoms with van der Waals surface area (Å²) in [4.78, 5) is 28.7. The van der Waals surface area contributed by atoms with Crippen molar-refractivity contribution in [3.8, 4) is 0 Å². The van der Waals surface area contributed by atoms with Crippen molar-refractivity contribution in [3.63, 3.8) is 0 Å². The van der Waals surface area contributed by atoms with Crippen LogP contribution in [0.4, 0.5) is 23.1 Å². The summed E-state index contributed by atoms with van der Waals surface area (Å²) in [5.74, 6) is 1.58. The number of rotatable bonds is 5. The molecule has 0 unspecified atom stereocenters. The highest BCUT2D eigenvalue weighted by Gasteiger charge is 2.31. The Morgan fingerprint density at radius 2 is 1.58 bits per heavy atom. The van der Waals surface area contributed by atoms with E-state index in [1.807, 2.05) is 35.2 Å². The van der Waals surface area contributed by atoms with E-state index in [9.17, 15) is 10.1 Å². The summed E-state index contributed by atoms with van der Waals surface area (Å²) in [5, 5.41) is 15.3. The van der Waals surface area contributed by atoms with E-state index >= 15 is 0 Å². The van der Waals surface area contributed by atoms with Crippen LogP contribution in [0.5, 0.6) is 0 Å². The molecular weight excluding hydrogens is 394 g/mol. The van der Waals surface area contributed by atoms with Gasteiger partial charge in [-0.05, 0) is 36.1 Å². The molecule has 1 aromatic carbocycles. The Bertz CT molecular complexity index is 1060. The van der Waals surface area contributed by atoms with Crippen molar-refractivity contribution in [1.82, 2.24) is 15.0 Å². The molecule has 3 heterocycles. The lowest BCUT2D eigenvalue weighted by Gasteiger charge is -2.35. The molecule has 2 aliphatic rings. The van der Waals surface area contributed by atoms with E-state index in [2.05, 4.69) is 37.3 Å². The highest BCUT2D eigenvalue weighted by molar-refractivity contribution is 5.71. The number of aromatic nitrogens is 3. The maximum absolute atomic E-state index is 12.0. The van der Waals surface area contributed by atoms with E-state index in [-0.39, 0.29) is 16.7 Å².